The highest BCUT2D eigenvalue weighted by atomic mass is 16.5. The third kappa shape index (κ3) is 13.3. The summed E-state index contributed by atoms with van der Waals surface area (Å²) in [4.78, 5) is 4.62. The van der Waals surface area contributed by atoms with Crippen LogP contribution in [0.5, 0.6) is 0 Å². The number of ether oxygens (including phenoxy) is 1. The van der Waals surface area contributed by atoms with Gasteiger partial charge in [-0.1, -0.05) is 103 Å². The van der Waals surface area contributed by atoms with Crippen molar-refractivity contribution in [3.8, 4) is 0 Å². The molecule has 1 aliphatic rings. The van der Waals surface area contributed by atoms with Gasteiger partial charge in [-0.3, -0.25) is 0 Å². The highest BCUT2D eigenvalue weighted by Crippen LogP contribution is 2.20. The molecule has 0 spiro atoms. The normalized spacial score (nSPS) is 16.0. The van der Waals surface area contributed by atoms with Crippen molar-refractivity contribution in [3.05, 3.63) is 0 Å². The molecule has 0 aliphatic carbocycles. The van der Waals surface area contributed by atoms with Crippen LogP contribution in [-0.2, 0) is 4.74 Å². The second kappa shape index (κ2) is 14.6. The third-order valence-corrected chi connectivity index (χ3v) is 5.26. The number of hydrogen-bond donors (Lipinski definition) is 0. The predicted octanol–water partition coefficient (Wildman–Crippen LogP) is 7.85. The Kier molecular flexibility index (Phi) is 13.2. The van der Waals surface area contributed by atoms with Crippen molar-refractivity contribution in [2.45, 2.75) is 135 Å². The van der Waals surface area contributed by atoms with Gasteiger partial charge in [0.15, 0.2) is 5.90 Å². The first-order valence-electron chi connectivity index (χ1n) is 11.4. The zero-order valence-electron chi connectivity index (χ0n) is 17.6. The molecule has 148 valence electrons. The van der Waals surface area contributed by atoms with Crippen molar-refractivity contribution in [1.29, 1.82) is 0 Å². The number of nitrogens with zero attached hydrogens (tertiary/aromatic N) is 1. The van der Waals surface area contributed by atoms with Crippen LogP contribution >= 0.6 is 0 Å². The van der Waals surface area contributed by atoms with Crippen LogP contribution in [-0.4, -0.2) is 18.0 Å². The molecule has 2 nitrogen and oxygen atoms in total. The van der Waals surface area contributed by atoms with E-state index in [1.807, 2.05) is 0 Å². The fraction of sp³-hybridized carbons (Fsp3) is 0.957. The first-order valence-corrected chi connectivity index (χ1v) is 11.4. The molecule has 25 heavy (non-hydrogen) atoms. The molecule has 0 fully saturated rings. The zero-order chi connectivity index (χ0) is 18.2. The van der Waals surface area contributed by atoms with E-state index in [2.05, 4.69) is 25.8 Å². The lowest BCUT2D eigenvalue weighted by Gasteiger charge is -2.07. The van der Waals surface area contributed by atoms with Crippen LogP contribution in [0.4, 0.5) is 0 Å². The van der Waals surface area contributed by atoms with Gasteiger partial charge in [-0.15, -0.1) is 0 Å². The Morgan fingerprint density at radius 2 is 1.08 bits per heavy atom. The van der Waals surface area contributed by atoms with Gasteiger partial charge in [0, 0.05) is 6.42 Å². The van der Waals surface area contributed by atoms with Gasteiger partial charge in [-0.2, -0.15) is 0 Å². The Morgan fingerprint density at radius 3 is 1.44 bits per heavy atom. The molecule has 0 unspecified atom stereocenters. The molecule has 1 heterocycles. The first-order chi connectivity index (χ1) is 12.1. The third-order valence-electron chi connectivity index (χ3n) is 5.26. The molecule has 0 saturated carbocycles. The monoisotopic (exact) mass is 351 g/mol. The summed E-state index contributed by atoms with van der Waals surface area (Å²) in [5.41, 5.74) is 0.0182. The molecule has 0 atom stereocenters. The highest BCUT2D eigenvalue weighted by Gasteiger charge is 2.25. The molecule has 0 aromatic heterocycles. The molecule has 0 aromatic carbocycles. The minimum atomic E-state index is 0.0182. The maximum Gasteiger partial charge on any atom is 0.183 e. The quantitative estimate of drug-likeness (QED) is 0.244. The van der Waals surface area contributed by atoms with Crippen molar-refractivity contribution < 1.29 is 4.74 Å². The Hall–Kier alpha value is -0.530. The lowest BCUT2D eigenvalue weighted by molar-refractivity contribution is 0.273. The van der Waals surface area contributed by atoms with E-state index in [1.165, 1.54) is 103 Å². The molecular formula is C23H45NO. The summed E-state index contributed by atoms with van der Waals surface area (Å²) >= 11 is 0. The fourth-order valence-electron chi connectivity index (χ4n) is 3.61. The van der Waals surface area contributed by atoms with Crippen molar-refractivity contribution in [2.24, 2.45) is 4.99 Å². The van der Waals surface area contributed by atoms with Gasteiger partial charge in [-0.05, 0) is 20.3 Å². The highest BCUT2D eigenvalue weighted by molar-refractivity contribution is 5.78. The molecular weight excluding hydrogens is 306 g/mol. The summed E-state index contributed by atoms with van der Waals surface area (Å²) in [7, 11) is 0. The van der Waals surface area contributed by atoms with E-state index >= 15 is 0 Å². The SMILES string of the molecule is CCCCCCCCCCCCCCCCCCC1=NC(C)(C)CO1. The van der Waals surface area contributed by atoms with Crippen molar-refractivity contribution in [2.75, 3.05) is 6.61 Å². The molecule has 1 aliphatic heterocycles. The van der Waals surface area contributed by atoms with E-state index < -0.39 is 0 Å². The summed E-state index contributed by atoms with van der Waals surface area (Å²) < 4.78 is 5.64. The summed E-state index contributed by atoms with van der Waals surface area (Å²) in [6, 6.07) is 0. The van der Waals surface area contributed by atoms with Crippen molar-refractivity contribution >= 4 is 5.90 Å². The summed E-state index contributed by atoms with van der Waals surface area (Å²) in [6.07, 6.45) is 23.8. The van der Waals surface area contributed by atoms with Gasteiger partial charge in [-0.25, -0.2) is 4.99 Å². The van der Waals surface area contributed by atoms with Crippen molar-refractivity contribution in [3.63, 3.8) is 0 Å². The van der Waals surface area contributed by atoms with Gasteiger partial charge >= 0.3 is 0 Å². The standard InChI is InChI=1S/C23H45NO/c1-4-5-6-7-8-9-10-11-12-13-14-15-16-17-18-19-20-22-24-23(2,3)21-25-22/h4-21H2,1-3H3. The Balaban J connectivity index is 1.72. The molecule has 0 saturated heterocycles. The second-order valence-electron chi connectivity index (χ2n) is 8.66. The molecule has 0 aromatic rings. The van der Waals surface area contributed by atoms with Gasteiger partial charge in [0.2, 0.25) is 0 Å². The second-order valence-corrected chi connectivity index (χ2v) is 8.66. The van der Waals surface area contributed by atoms with Crippen molar-refractivity contribution in [1.82, 2.24) is 0 Å². The number of hydrogen-bond acceptors (Lipinski definition) is 2. The fourth-order valence-corrected chi connectivity index (χ4v) is 3.61. The van der Waals surface area contributed by atoms with Crippen LogP contribution in [0.2, 0.25) is 0 Å². The van der Waals surface area contributed by atoms with Crippen LogP contribution in [0, 0.1) is 0 Å². The lowest BCUT2D eigenvalue weighted by Crippen LogP contribution is -2.17. The molecule has 0 radical (unpaired) electrons. The van der Waals surface area contributed by atoms with Crippen LogP contribution in [0.15, 0.2) is 4.99 Å². The average molecular weight is 352 g/mol. The Morgan fingerprint density at radius 1 is 0.680 bits per heavy atom. The topological polar surface area (TPSA) is 21.6 Å². The molecule has 1 rings (SSSR count). The molecule has 0 bridgehead atoms. The summed E-state index contributed by atoms with van der Waals surface area (Å²) in [5, 5.41) is 0. The zero-order valence-corrected chi connectivity index (χ0v) is 17.6. The van der Waals surface area contributed by atoms with E-state index in [0.717, 1.165) is 18.9 Å². The first kappa shape index (κ1) is 22.5. The Bertz CT molecular complexity index is 335. The van der Waals surface area contributed by atoms with Gasteiger partial charge in [0.05, 0.1) is 5.54 Å². The largest absolute Gasteiger partial charge is 0.478 e. The van der Waals surface area contributed by atoms with E-state index in [4.69, 9.17) is 4.74 Å². The molecule has 2 heteroatoms. The number of unbranched alkanes of at least 4 members (excludes halogenated alkanes) is 15. The smallest absolute Gasteiger partial charge is 0.183 e. The van der Waals surface area contributed by atoms with Gasteiger partial charge in [0.25, 0.3) is 0 Å². The van der Waals surface area contributed by atoms with Gasteiger partial charge in [0.1, 0.15) is 6.61 Å². The van der Waals surface area contributed by atoms with E-state index in [9.17, 15) is 0 Å². The maximum absolute atomic E-state index is 5.64. The summed E-state index contributed by atoms with van der Waals surface area (Å²) in [6.45, 7) is 7.35. The molecule has 0 N–H and O–H groups in total. The van der Waals surface area contributed by atoms with E-state index in [0.29, 0.717) is 0 Å². The lowest BCUT2D eigenvalue weighted by atomic mass is 10.0. The maximum atomic E-state index is 5.64. The van der Waals surface area contributed by atoms with Crippen LogP contribution < -0.4 is 0 Å². The predicted molar refractivity (Wildman–Crippen MR) is 112 cm³/mol. The van der Waals surface area contributed by atoms with E-state index in [1.54, 1.807) is 0 Å². The number of aliphatic imine (C=N–C) groups is 1. The van der Waals surface area contributed by atoms with Crippen LogP contribution in [0.1, 0.15) is 130 Å². The minimum absolute atomic E-state index is 0.0182. The number of rotatable bonds is 17. The van der Waals surface area contributed by atoms with Crippen LogP contribution in [0.25, 0.3) is 0 Å². The molecule has 0 amide bonds. The summed E-state index contributed by atoms with van der Waals surface area (Å²) in [5.74, 6) is 0.996. The van der Waals surface area contributed by atoms with Crippen LogP contribution in [0.3, 0.4) is 0 Å². The average Bonchev–Trinajstić information content (AvgIpc) is 2.93. The van der Waals surface area contributed by atoms with Gasteiger partial charge < -0.3 is 4.74 Å². The Labute approximate surface area is 158 Å². The minimum Gasteiger partial charge on any atom is -0.478 e. The van der Waals surface area contributed by atoms with E-state index in [-0.39, 0.29) is 5.54 Å².